The van der Waals surface area contributed by atoms with E-state index >= 15 is 0 Å². The Hall–Kier alpha value is -0.490. The molecule has 72 valence electrons. The van der Waals surface area contributed by atoms with Gasteiger partial charge >= 0.3 is 0 Å². The Morgan fingerprint density at radius 1 is 1.50 bits per heavy atom. The quantitative estimate of drug-likeness (QED) is 0.361. The molecule has 0 aromatic heterocycles. The average molecular weight is 178 g/mol. The maximum atomic E-state index is 10.1. The van der Waals surface area contributed by atoms with Crippen LogP contribution in [0, 0.1) is 0 Å². The molecule has 5 nitrogen and oxygen atoms in total. The molecule has 0 radical (unpaired) electrons. The van der Waals surface area contributed by atoms with Gasteiger partial charge in [0.2, 0.25) is 0 Å². The average Bonchev–Trinajstić information content (AvgIpc) is 2.01. The van der Waals surface area contributed by atoms with Gasteiger partial charge in [0.05, 0.1) is 12.1 Å². The summed E-state index contributed by atoms with van der Waals surface area (Å²) < 4.78 is 7.15. The van der Waals surface area contributed by atoms with Crippen LogP contribution < -0.4 is 5.31 Å². The van der Waals surface area contributed by atoms with E-state index in [0.717, 1.165) is 5.31 Å². The fraction of sp³-hybridized carbons (Fsp3) is 0.857. The highest BCUT2D eigenvalue weighted by Crippen LogP contribution is 2.02. The number of hydrogen-bond donors (Lipinski definition) is 4. The molecule has 0 rings (SSSR count). The van der Waals surface area contributed by atoms with Crippen LogP contribution in [0.5, 0.6) is 0 Å². The Balaban J connectivity index is 4.45. The first kappa shape index (κ1) is 9.60. The topological polar surface area (TPSA) is 89.8 Å². The summed E-state index contributed by atoms with van der Waals surface area (Å²) in [5.41, 5.74) is 0. The Bertz CT molecular complexity index is 157. The Morgan fingerprint density at radius 3 is 2.25 bits per heavy atom. The van der Waals surface area contributed by atoms with Gasteiger partial charge in [-0.15, -0.1) is 0 Å². The van der Waals surface area contributed by atoms with Crippen LogP contribution in [-0.2, 0) is 4.79 Å². The molecule has 0 heterocycles. The molecule has 0 spiro atoms. The summed E-state index contributed by atoms with van der Waals surface area (Å²) in [5, 5.41) is 28.2. The van der Waals surface area contributed by atoms with Gasteiger partial charge in [-0.25, -0.2) is 0 Å². The molecule has 0 aromatic carbocycles. The van der Waals surface area contributed by atoms with Crippen molar-refractivity contribution < 1.29 is 21.5 Å². The second-order valence-electron chi connectivity index (χ2n) is 2.61. The molecule has 0 aliphatic heterocycles. The molecule has 0 aromatic rings. The van der Waals surface area contributed by atoms with E-state index in [1.165, 1.54) is 14.0 Å². The number of aliphatic hydroxyl groups excluding tert-OH is 3. The predicted octanol–water partition coefficient (Wildman–Crippen LogP) is -2.12. The standard InChI is InChI=1S/C7H15NO4/c1-4(10)6(8-2)7(12)5(11)3-9/h3-8,10-12H,1-2H3/t4-,5+,6+,7-/m1/s1/i/hD. The van der Waals surface area contributed by atoms with E-state index < -0.39 is 24.4 Å². The summed E-state index contributed by atoms with van der Waals surface area (Å²) in [6.07, 6.45) is -3.87. The molecule has 0 unspecified atom stereocenters. The highest BCUT2D eigenvalue weighted by atomic mass is 16.3. The van der Waals surface area contributed by atoms with Gasteiger partial charge in [-0.05, 0) is 14.0 Å². The second kappa shape index (κ2) is 5.21. The van der Waals surface area contributed by atoms with Crippen molar-refractivity contribution in [1.29, 1.82) is 0 Å². The third-order valence-electron chi connectivity index (χ3n) is 1.63. The van der Waals surface area contributed by atoms with Gasteiger partial charge in [-0.2, -0.15) is 0 Å². The van der Waals surface area contributed by atoms with Crippen molar-refractivity contribution in [3.63, 3.8) is 0 Å². The first-order chi connectivity index (χ1) is 5.91. The van der Waals surface area contributed by atoms with Crippen molar-refractivity contribution in [3.05, 3.63) is 0 Å². The van der Waals surface area contributed by atoms with E-state index in [2.05, 4.69) is 0 Å². The lowest BCUT2D eigenvalue weighted by Gasteiger charge is -2.25. The third kappa shape index (κ3) is 2.86. The molecule has 0 saturated heterocycles. The first-order valence-electron chi connectivity index (χ1n) is 4.07. The maximum Gasteiger partial charge on any atom is 0.151 e. The molecule has 4 atom stereocenters. The molecule has 5 heteroatoms. The summed E-state index contributed by atoms with van der Waals surface area (Å²) in [6.45, 7) is 1.37. The largest absolute Gasteiger partial charge is 0.392 e. The van der Waals surface area contributed by atoms with E-state index in [9.17, 15) is 9.90 Å². The van der Waals surface area contributed by atoms with E-state index in [4.69, 9.17) is 11.6 Å². The summed E-state index contributed by atoms with van der Waals surface area (Å²) in [5.74, 6) is 0. The molecule has 0 bridgehead atoms. The van der Waals surface area contributed by atoms with Crippen LogP contribution in [0.1, 0.15) is 6.92 Å². The summed E-state index contributed by atoms with van der Waals surface area (Å²) in [4.78, 5) is 10.1. The lowest BCUT2D eigenvalue weighted by molar-refractivity contribution is -0.122. The van der Waals surface area contributed by atoms with Gasteiger partial charge in [0.1, 0.15) is 13.6 Å². The van der Waals surface area contributed by atoms with Crippen molar-refractivity contribution in [1.82, 2.24) is 5.31 Å². The zero-order chi connectivity index (χ0) is 10.6. The molecule has 4 N–H and O–H groups in total. The molecule has 0 saturated carbocycles. The number of rotatable bonds is 5. The molecule has 0 aliphatic carbocycles. The van der Waals surface area contributed by atoms with E-state index in [1.807, 2.05) is 0 Å². The number of nitrogens with one attached hydrogen (secondary N) is 1. The SMILES string of the molecule is [2H]N(C)[C@H]([C@H](O)[C@@H](O)C=O)[C@@H](C)O. The minimum atomic E-state index is -1.58. The van der Waals surface area contributed by atoms with Crippen LogP contribution in [-0.4, -0.2) is 53.0 Å². The van der Waals surface area contributed by atoms with Gasteiger partial charge in [-0.3, -0.25) is 0 Å². The number of likely N-dealkylation sites (N-methyl/N-ethyl adjacent to an activating group) is 1. The van der Waals surface area contributed by atoms with Crippen molar-refractivity contribution in [2.75, 3.05) is 7.05 Å². The van der Waals surface area contributed by atoms with Crippen LogP contribution in [0.3, 0.4) is 0 Å². The Morgan fingerprint density at radius 2 is 2.00 bits per heavy atom. The Labute approximate surface area is 72.5 Å². The lowest BCUT2D eigenvalue weighted by atomic mass is 10.0. The zero-order valence-corrected chi connectivity index (χ0v) is 7.08. The fourth-order valence-corrected chi connectivity index (χ4v) is 0.936. The van der Waals surface area contributed by atoms with Crippen LogP contribution in [0.2, 0.25) is 1.41 Å². The van der Waals surface area contributed by atoms with Gasteiger partial charge in [-0.1, -0.05) is 0 Å². The zero-order valence-electron chi connectivity index (χ0n) is 8.08. The number of aldehydes is 1. The van der Waals surface area contributed by atoms with Gasteiger partial charge in [0, 0.05) is 0 Å². The van der Waals surface area contributed by atoms with E-state index in [0.29, 0.717) is 0 Å². The van der Waals surface area contributed by atoms with Gasteiger partial charge < -0.3 is 25.4 Å². The summed E-state index contributed by atoms with van der Waals surface area (Å²) in [6, 6.07) is -0.986. The summed E-state index contributed by atoms with van der Waals surface area (Å²) >= 11 is 0. The highest BCUT2D eigenvalue weighted by molar-refractivity contribution is 5.56. The third-order valence-corrected chi connectivity index (χ3v) is 1.63. The number of hydrogen-bond acceptors (Lipinski definition) is 5. The number of aliphatic hydroxyl groups is 3. The van der Waals surface area contributed by atoms with E-state index in [1.54, 1.807) is 0 Å². The molecule has 0 amide bonds. The second-order valence-corrected chi connectivity index (χ2v) is 2.61. The number of carbonyl (C=O) groups is 1. The van der Waals surface area contributed by atoms with Crippen LogP contribution in [0.15, 0.2) is 0 Å². The molecule has 0 aliphatic rings. The van der Waals surface area contributed by atoms with Crippen molar-refractivity contribution in [2.24, 2.45) is 0 Å². The van der Waals surface area contributed by atoms with Gasteiger partial charge in [0.25, 0.3) is 0 Å². The minimum absolute atomic E-state index is 0.170. The van der Waals surface area contributed by atoms with E-state index in [-0.39, 0.29) is 6.29 Å². The van der Waals surface area contributed by atoms with Crippen LogP contribution in [0.25, 0.3) is 0 Å². The van der Waals surface area contributed by atoms with Crippen molar-refractivity contribution in [2.45, 2.75) is 31.3 Å². The van der Waals surface area contributed by atoms with Crippen LogP contribution in [0.4, 0.5) is 0 Å². The summed E-state index contributed by atoms with van der Waals surface area (Å²) in [7, 11) is 1.32. The highest BCUT2D eigenvalue weighted by Gasteiger charge is 2.27. The number of carbonyl (C=O) groups excluding carboxylic acids is 1. The lowest BCUT2D eigenvalue weighted by Crippen LogP contribution is -2.51. The maximum absolute atomic E-state index is 10.1. The minimum Gasteiger partial charge on any atom is -0.392 e. The van der Waals surface area contributed by atoms with Crippen LogP contribution >= 0.6 is 0 Å². The fourth-order valence-electron chi connectivity index (χ4n) is 0.936. The van der Waals surface area contributed by atoms with Crippen molar-refractivity contribution >= 4 is 6.29 Å². The first-order valence-corrected chi connectivity index (χ1v) is 3.63. The Kier molecular flexibility index (Phi) is 4.16. The predicted molar refractivity (Wildman–Crippen MR) is 42.6 cm³/mol. The normalized spacial score (nSPS) is 22.7. The molecular weight excluding hydrogens is 162 g/mol. The smallest absolute Gasteiger partial charge is 0.151 e. The monoisotopic (exact) mass is 178 g/mol. The molecular formula is C7H15NO4. The molecule has 0 fully saturated rings. The van der Waals surface area contributed by atoms with Crippen molar-refractivity contribution in [3.8, 4) is 0 Å². The molecule has 12 heavy (non-hydrogen) atoms. The van der Waals surface area contributed by atoms with Gasteiger partial charge in [0.15, 0.2) is 6.29 Å².